The van der Waals surface area contributed by atoms with Crippen LogP contribution in [0.1, 0.15) is 34.3 Å². The zero-order valence-electron chi connectivity index (χ0n) is 14.5. The fourth-order valence-corrected chi connectivity index (χ4v) is 3.53. The minimum atomic E-state index is -0.380. The zero-order valence-corrected chi connectivity index (χ0v) is 14.5. The molecular formula is C21H21N3O2. The maximum Gasteiger partial charge on any atom is 0.260 e. The fourth-order valence-electron chi connectivity index (χ4n) is 3.53. The predicted molar refractivity (Wildman–Crippen MR) is 101 cm³/mol. The molecule has 2 aliphatic heterocycles. The monoisotopic (exact) mass is 347 g/mol. The lowest BCUT2D eigenvalue weighted by molar-refractivity contribution is -0.114. The Hall–Kier alpha value is -2.92. The van der Waals surface area contributed by atoms with Crippen molar-refractivity contribution in [3.05, 3.63) is 71.4 Å². The predicted octanol–water partition coefficient (Wildman–Crippen LogP) is 3.01. The summed E-state index contributed by atoms with van der Waals surface area (Å²) in [4.78, 5) is 26.6. The maximum atomic E-state index is 12.2. The number of imide groups is 1. The molecule has 132 valence electrons. The molecule has 0 bridgehead atoms. The number of amides is 2. The molecule has 5 nitrogen and oxygen atoms in total. The highest BCUT2D eigenvalue weighted by molar-refractivity contribution is 6.31. The Balaban J connectivity index is 1.55. The summed E-state index contributed by atoms with van der Waals surface area (Å²) >= 11 is 0. The second-order valence-corrected chi connectivity index (χ2v) is 6.71. The maximum absolute atomic E-state index is 12.2. The van der Waals surface area contributed by atoms with E-state index < -0.39 is 0 Å². The van der Waals surface area contributed by atoms with Crippen LogP contribution in [0.4, 0.5) is 5.69 Å². The van der Waals surface area contributed by atoms with Gasteiger partial charge in [-0.3, -0.25) is 19.8 Å². The van der Waals surface area contributed by atoms with Crippen LogP contribution in [0, 0.1) is 0 Å². The molecule has 0 radical (unpaired) electrons. The van der Waals surface area contributed by atoms with Crippen molar-refractivity contribution in [1.82, 2.24) is 10.2 Å². The quantitative estimate of drug-likeness (QED) is 0.659. The van der Waals surface area contributed by atoms with Gasteiger partial charge in [0.25, 0.3) is 11.8 Å². The molecule has 2 aromatic rings. The summed E-state index contributed by atoms with van der Waals surface area (Å²) in [6, 6.07) is 15.4. The first-order valence-electron chi connectivity index (χ1n) is 8.94. The number of hydrogen-bond donors (Lipinski definition) is 2. The van der Waals surface area contributed by atoms with Gasteiger partial charge in [-0.15, -0.1) is 0 Å². The summed E-state index contributed by atoms with van der Waals surface area (Å²) < 4.78 is 0. The average Bonchev–Trinajstić information content (AvgIpc) is 3.15. The molecular weight excluding hydrogens is 326 g/mol. The second-order valence-electron chi connectivity index (χ2n) is 6.71. The van der Waals surface area contributed by atoms with Crippen molar-refractivity contribution in [3.8, 4) is 0 Å². The minimum absolute atomic E-state index is 0.352. The SMILES string of the molecule is O=C1NC(=O)c2ccccc2C1=CNc1cccc(CN2CCCC2)c1. The van der Waals surface area contributed by atoms with Gasteiger partial charge in [0.1, 0.15) is 0 Å². The highest BCUT2D eigenvalue weighted by atomic mass is 16.2. The van der Waals surface area contributed by atoms with Crippen LogP contribution >= 0.6 is 0 Å². The van der Waals surface area contributed by atoms with Gasteiger partial charge < -0.3 is 5.32 Å². The first-order chi connectivity index (χ1) is 12.7. The number of rotatable bonds is 4. The third-order valence-electron chi connectivity index (χ3n) is 4.85. The summed E-state index contributed by atoms with van der Waals surface area (Å²) in [6.07, 6.45) is 4.23. The number of carbonyl (C=O) groups is 2. The Kier molecular flexibility index (Phi) is 4.54. The zero-order chi connectivity index (χ0) is 17.9. The molecule has 2 heterocycles. The first kappa shape index (κ1) is 16.5. The lowest BCUT2D eigenvalue weighted by Crippen LogP contribution is -2.36. The number of nitrogens with zero attached hydrogens (tertiary/aromatic N) is 1. The average molecular weight is 347 g/mol. The van der Waals surface area contributed by atoms with E-state index in [4.69, 9.17) is 0 Å². The Labute approximate surface area is 152 Å². The topological polar surface area (TPSA) is 61.4 Å². The molecule has 0 saturated carbocycles. The van der Waals surface area contributed by atoms with Crippen molar-refractivity contribution in [3.63, 3.8) is 0 Å². The van der Waals surface area contributed by atoms with E-state index in [2.05, 4.69) is 27.7 Å². The summed E-state index contributed by atoms with van der Waals surface area (Å²) in [6.45, 7) is 3.27. The fraction of sp³-hybridized carbons (Fsp3) is 0.238. The molecule has 5 heteroatoms. The first-order valence-corrected chi connectivity index (χ1v) is 8.94. The van der Waals surface area contributed by atoms with Crippen LogP contribution in [0.2, 0.25) is 0 Å². The largest absolute Gasteiger partial charge is 0.361 e. The van der Waals surface area contributed by atoms with Gasteiger partial charge in [0.05, 0.1) is 5.57 Å². The van der Waals surface area contributed by atoms with Crippen LogP contribution in [-0.4, -0.2) is 29.8 Å². The highest BCUT2D eigenvalue weighted by Gasteiger charge is 2.26. The van der Waals surface area contributed by atoms with Crippen LogP contribution in [-0.2, 0) is 11.3 Å². The van der Waals surface area contributed by atoms with Gasteiger partial charge in [0, 0.05) is 29.6 Å². The van der Waals surface area contributed by atoms with E-state index in [-0.39, 0.29) is 11.8 Å². The van der Waals surface area contributed by atoms with E-state index in [1.54, 1.807) is 24.4 Å². The Morgan fingerprint density at radius 2 is 1.73 bits per heavy atom. The molecule has 1 saturated heterocycles. The van der Waals surface area contributed by atoms with E-state index in [0.717, 1.165) is 25.3 Å². The van der Waals surface area contributed by atoms with Gasteiger partial charge in [0.15, 0.2) is 0 Å². The molecule has 4 rings (SSSR count). The van der Waals surface area contributed by atoms with Crippen molar-refractivity contribution in [1.29, 1.82) is 0 Å². The Morgan fingerprint density at radius 1 is 0.962 bits per heavy atom. The molecule has 0 spiro atoms. The molecule has 2 aromatic carbocycles. The van der Waals surface area contributed by atoms with E-state index in [1.165, 1.54) is 18.4 Å². The highest BCUT2D eigenvalue weighted by Crippen LogP contribution is 2.24. The minimum Gasteiger partial charge on any atom is -0.361 e. The number of nitrogens with one attached hydrogen (secondary N) is 2. The third kappa shape index (κ3) is 3.39. The summed E-state index contributed by atoms with van der Waals surface area (Å²) in [5.41, 5.74) is 3.81. The van der Waals surface area contributed by atoms with Crippen LogP contribution in [0.15, 0.2) is 54.7 Å². The van der Waals surface area contributed by atoms with Crippen LogP contribution in [0.25, 0.3) is 5.57 Å². The summed E-state index contributed by atoms with van der Waals surface area (Å²) in [7, 11) is 0. The van der Waals surface area contributed by atoms with E-state index in [9.17, 15) is 9.59 Å². The molecule has 0 atom stereocenters. The van der Waals surface area contributed by atoms with Crippen LogP contribution in [0.3, 0.4) is 0 Å². The molecule has 2 N–H and O–H groups in total. The number of hydrogen-bond acceptors (Lipinski definition) is 4. The van der Waals surface area contributed by atoms with Crippen molar-refractivity contribution < 1.29 is 9.59 Å². The van der Waals surface area contributed by atoms with Crippen LogP contribution in [0.5, 0.6) is 0 Å². The Morgan fingerprint density at radius 3 is 2.54 bits per heavy atom. The van der Waals surface area contributed by atoms with Gasteiger partial charge in [0.2, 0.25) is 0 Å². The van der Waals surface area contributed by atoms with Gasteiger partial charge >= 0.3 is 0 Å². The van der Waals surface area contributed by atoms with Crippen molar-refractivity contribution in [2.75, 3.05) is 18.4 Å². The molecule has 2 amide bonds. The molecule has 0 unspecified atom stereocenters. The number of carbonyl (C=O) groups excluding carboxylic acids is 2. The van der Waals surface area contributed by atoms with Crippen molar-refractivity contribution >= 4 is 23.1 Å². The Bertz CT molecular complexity index is 882. The van der Waals surface area contributed by atoms with Gasteiger partial charge in [-0.2, -0.15) is 0 Å². The van der Waals surface area contributed by atoms with Gasteiger partial charge in [-0.1, -0.05) is 30.3 Å². The molecule has 0 aromatic heterocycles. The number of likely N-dealkylation sites (tertiary alicyclic amines) is 1. The normalized spacial score (nSPS) is 18.7. The van der Waals surface area contributed by atoms with Crippen LogP contribution < -0.4 is 10.6 Å². The lowest BCUT2D eigenvalue weighted by Gasteiger charge is -2.18. The second kappa shape index (κ2) is 7.14. The standard InChI is InChI=1S/C21H21N3O2/c25-20-18-9-2-1-8-17(18)19(21(26)23-20)13-22-16-7-5-6-15(12-16)14-24-10-3-4-11-24/h1-2,5-9,12-13,22H,3-4,10-11,14H2,(H,23,25,26). The van der Waals surface area contributed by atoms with E-state index in [1.807, 2.05) is 18.2 Å². The van der Waals surface area contributed by atoms with Crippen molar-refractivity contribution in [2.45, 2.75) is 19.4 Å². The van der Waals surface area contributed by atoms with E-state index in [0.29, 0.717) is 16.7 Å². The van der Waals surface area contributed by atoms with Gasteiger partial charge in [-0.05, 0) is 49.7 Å². The molecule has 1 fully saturated rings. The molecule has 2 aliphatic rings. The lowest BCUT2D eigenvalue weighted by atomic mass is 9.96. The van der Waals surface area contributed by atoms with Gasteiger partial charge in [-0.25, -0.2) is 0 Å². The van der Waals surface area contributed by atoms with Crippen molar-refractivity contribution in [2.24, 2.45) is 0 Å². The smallest absolute Gasteiger partial charge is 0.260 e. The summed E-state index contributed by atoms with van der Waals surface area (Å²) in [5.74, 6) is -0.732. The summed E-state index contributed by atoms with van der Waals surface area (Å²) in [5, 5.41) is 5.60. The number of benzene rings is 2. The molecule has 0 aliphatic carbocycles. The number of anilines is 1. The molecule has 26 heavy (non-hydrogen) atoms. The third-order valence-corrected chi connectivity index (χ3v) is 4.85. The number of fused-ring (bicyclic) bond motifs is 1. The van der Waals surface area contributed by atoms with E-state index >= 15 is 0 Å².